The maximum absolute atomic E-state index is 12.5. The molecule has 1 aromatic carbocycles. The number of benzene rings is 1. The van der Waals surface area contributed by atoms with Crippen molar-refractivity contribution in [1.29, 1.82) is 0 Å². The van der Waals surface area contributed by atoms with E-state index in [2.05, 4.69) is 15.9 Å². The van der Waals surface area contributed by atoms with Crippen LogP contribution < -0.4 is 5.73 Å². The molecule has 0 radical (unpaired) electrons. The third-order valence-corrected chi connectivity index (χ3v) is 6.26. The molecular formula is C13H18BrN3O3S. The molecule has 8 heteroatoms. The number of halogens is 1. The normalized spacial score (nSPS) is 15.7. The number of carbonyl (C=O) groups is 1. The molecule has 0 aromatic heterocycles. The Balaban J connectivity index is 2.18. The summed E-state index contributed by atoms with van der Waals surface area (Å²) in [5.41, 5.74) is 6.00. The van der Waals surface area contributed by atoms with Crippen molar-refractivity contribution < 1.29 is 13.2 Å². The van der Waals surface area contributed by atoms with E-state index in [9.17, 15) is 13.2 Å². The summed E-state index contributed by atoms with van der Waals surface area (Å²) < 4.78 is 26.5. The van der Waals surface area contributed by atoms with Crippen molar-refractivity contribution in [1.82, 2.24) is 9.21 Å². The number of carbonyl (C=O) groups excluding carboxylic acids is 1. The van der Waals surface area contributed by atoms with Crippen molar-refractivity contribution >= 4 is 37.5 Å². The van der Waals surface area contributed by atoms with Gasteiger partial charge < -0.3 is 10.6 Å². The van der Waals surface area contributed by atoms with Crippen LogP contribution in [0.2, 0.25) is 0 Å². The molecule has 0 saturated carbocycles. The maximum Gasteiger partial charge on any atom is 0.244 e. The first-order valence-electron chi connectivity index (χ1n) is 6.61. The number of nitrogen functional groups attached to an aromatic ring is 1. The van der Waals surface area contributed by atoms with E-state index in [-0.39, 0.29) is 17.3 Å². The van der Waals surface area contributed by atoms with E-state index in [1.165, 1.54) is 13.1 Å². The van der Waals surface area contributed by atoms with Crippen molar-refractivity contribution in [3.05, 3.63) is 22.7 Å². The SMILES string of the molecule is CN(CC(=O)N1CCCC1)S(=O)(=O)c1cc(N)ccc1Br. The van der Waals surface area contributed by atoms with Crippen LogP contribution in [0.25, 0.3) is 0 Å². The zero-order valence-electron chi connectivity index (χ0n) is 11.8. The van der Waals surface area contributed by atoms with Crippen molar-refractivity contribution in [2.75, 3.05) is 32.4 Å². The Hall–Kier alpha value is -1.12. The maximum atomic E-state index is 12.5. The number of rotatable bonds is 4. The first-order chi connectivity index (χ1) is 9.82. The molecule has 6 nitrogen and oxygen atoms in total. The van der Waals surface area contributed by atoms with Gasteiger partial charge in [0.05, 0.1) is 11.4 Å². The predicted octanol–water partition coefficient (Wildman–Crippen LogP) is 1.27. The molecule has 0 bridgehead atoms. The fourth-order valence-electron chi connectivity index (χ4n) is 2.23. The first kappa shape index (κ1) is 16.3. The standard InChI is InChI=1S/C13H18BrN3O3S/c1-16(9-13(18)17-6-2-3-7-17)21(19,20)12-8-10(15)4-5-11(12)14/h4-5,8H,2-3,6-7,9,15H2,1H3. The molecule has 116 valence electrons. The Morgan fingerprint density at radius 1 is 1.38 bits per heavy atom. The smallest absolute Gasteiger partial charge is 0.244 e. The molecule has 2 N–H and O–H groups in total. The number of amides is 1. The van der Waals surface area contributed by atoms with Gasteiger partial charge in [-0.2, -0.15) is 4.31 Å². The summed E-state index contributed by atoms with van der Waals surface area (Å²) in [5, 5.41) is 0. The number of hydrogen-bond acceptors (Lipinski definition) is 4. The van der Waals surface area contributed by atoms with Crippen LogP contribution >= 0.6 is 15.9 Å². The van der Waals surface area contributed by atoms with E-state index in [1.54, 1.807) is 17.0 Å². The summed E-state index contributed by atoms with van der Waals surface area (Å²) in [7, 11) is -2.36. The lowest BCUT2D eigenvalue weighted by Crippen LogP contribution is -2.39. The highest BCUT2D eigenvalue weighted by atomic mass is 79.9. The minimum absolute atomic E-state index is 0.0687. The zero-order chi connectivity index (χ0) is 15.6. The van der Waals surface area contributed by atoms with Gasteiger partial charge in [-0.3, -0.25) is 4.79 Å². The lowest BCUT2D eigenvalue weighted by Gasteiger charge is -2.21. The van der Waals surface area contributed by atoms with Crippen LogP contribution in [0.1, 0.15) is 12.8 Å². The van der Waals surface area contributed by atoms with Crippen molar-refractivity contribution in [2.24, 2.45) is 0 Å². The monoisotopic (exact) mass is 375 g/mol. The molecule has 21 heavy (non-hydrogen) atoms. The molecule has 1 heterocycles. The molecule has 2 rings (SSSR count). The van der Waals surface area contributed by atoms with Gasteiger partial charge in [0.2, 0.25) is 15.9 Å². The zero-order valence-corrected chi connectivity index (χ0v) is 14.2. The summed E-state index contributed by atoms with van der Waals surface area (Å²) >= 11 is 3.21. The molecule has 0 aliphatic carbocycles. The fraction of sp³-hybridized carbons (Fsp3) is 0.462. The van der Waals surface area contributed by atoms with Crippen molar-refractivity contribution in [2.45, 2.75) is 17.7 Å². The number of likely N-dealkylation sites (tertiary alicyclic amines) is 1. The van der Waals surface area contributed by atoms with Crippen LogP contribution in [0.5, 0.6) is 0 Å². The second kappa shape index (κ2) is 6.33. The van der Waals surface area contributed by atoms with Crippen LogP contribution in [0.3, 0.4) is 0 Å². The molecular weight excluding hydrogens is 358 g/mol. The van der Waals surface area contributed by atoms with Gasteiger partial charge in [-0.05, 0) is 47.0 Å². The molecule has 1 saturated heterocycles. The quantitative estimate of drug-likeness (QED) is 0.803. The lowest BCUT2D eigenvalue weighted by atomic mass is 10.3. The van der Waals surface area contributed by atoms with Crippen LogP contribution in [-0.2, 0) is 14.8 Å². The van der Waals surface area contributed by atoms with Crippen molar-refractivity contribution in [3.8, 4) is 0 Å². The summed E-state index contributed by atoms with van der Waals surface area (Å²) in [6, 6.07) is 4.58. The summed E-state index contributed by atoms with van der Waals surface area (Å²) in [6.07, 6.45) is 1.95. The molecule has 1 aromatic rings. The Kier molecular flexibility index (Phi) is 4.90. The molecule has 1 aliphatic rings. The molecule has 0 spiro atoms. The number of nitrogens with two attached hydrogens (primary N) is 1. The second-order valence-corrected chi connectivity index (χ2v) is 7.91. The van der Waals surface area contributed by atoms with Gasteiger partial charge >= 0.3 is 0 Å². The number of likely N-dealkylation sites (N-methyl/N-ethyl adjacent to an activating group) is 1. The largest absolute Gasteiger partial charge is 0.399 e. The molecule has 1 aliphatic heterocycles. The topological polar surface area (TPSA) is 83.7 Å². The minimum atomic E-state index is -3.76. The molecule has 0 atom stereocenters. The Morgan fingerprint density at radius 2 is 2.00 bits per heavy atom. The van der Waals surface area contributed by atoms with Gasteiger partial charge in [-0.1, -0.05) is 0 Å². The van der Waals surface area contributed by atoms with Gasteiger partial charge in [0.15, 0.2) is 0 Å². The van der Waals surface area contributed by atoms with E-state index in [4.69, 9.17) is 5.73 Å². The number of sulfonamides is 1. The Morgan fingerprint density at radius 3 is 2.62 bits per heavy atom. The number of anilines is 1. The number of hydrogen-bond donors (Lipinski definition) is 1. The predicted molar refractivity (Wildman–Crippen MR) is 84.2 cm³/mol. The van der Waals surface area contributed by atoms with E-state index >= 15 is 0 Å². The third kappa shape index (κ3) is 3.56. The van der Waals surface area contributed by atoms with Gasteiger partial charge in [0.1, 0.15) is 0 Å². The average molecular weight is 376 g/mol. The minimum Gasteiger partial charge on any atom is -0.399 e. The van der Waals surface area contributed by atoms with Gasteiger partial charge in [-0.25, -0.2) is 8.42 Å². The van der Waals surface area contributed by atoms with Crippen LogP contribution in [0.15, 0.2) is 27.6 Å². The van der Waals surface area contributed by atoms with E-state index in [0.29, 0.717) is 23.2 Å². The highest BCUT2D eigenvalue weighted by Gasteiger charge is 2.28. The first-order valence-corrected chi connectivity index (χ1v) is 8.85. The third-order valence-electron chi connectivity index (χ3n) is 3.46. The van der Waals surface area contributed by atoms with Crippen LogP contribution in [0, 0.1) is 0 Å². The van der Waals surface area contributed by atoms with Crippen LogP contribution in [0.4, 0.5) is 5.69 Å². The number of nitrogens with zero attached hydrogens (tertiary/aromatic N) is 2. The van der Waals surface area contributed by atoms with E-state index < -0.39 is 10.0 Å². The average Bonchev–Trinajstić information content (AvgIpc) is 2.95. The Labute approximate surface area is 133 Å². The summed E-state index contributed by atoms with van der Waals surface area (Å²) in [5.74, 6) is -0.168. The van der Waals surface area contributed by atoms with E-state index in [0.717, 1.165) is 17.1 Å². The summed E-state index contributed by atoms with van der Waals surface area (Å²) in [6.45, 7) is 1.24. The fourth-order valence-corrected chi connectivity index (χ4v) is 4.30. The molecule has 1 amide bonds. The van der Waals surface area contributed by atoms with Crippen LogP contribution in [-0.4, -0.2) is 50.2 Å². The highest BCUT2D eigenvalue weighted by Crippen LogP contribution is 2.26. The van der Waals surface area contributed by atoms with E-state index in [1.807, 2.05) is 0 Å². The Bertz CT molecular complexity index is 642. The van der Waals surface area contributed by atoms with Crippen molar-refractivity contribution in [3.63, 3.8) is 0 Å². The van der Waals surface area contributed by atoms with Gasteiger partial charge in [0.25, 0.3) is 0 Å². The molecule has 1 fully saturated rings. The van der Waals surface area contributed by atoms with Gasteiger partial charge in [-0.15, -0.1) is 0 Å². The lowest BCUT2D eigenvalue weighted by molar-refractivity contribution is -0.130. The summed E-state index contributed by atoms with van der Waals surface area (Å²) in [4.78, 5) is 13.8. The van der Waals surface area contributed by atoms with Gasteiger partial charge in [0, 0.05) is 30.3 Å². The second-order valence-electron chi connectivity index (χ2n) is 5.04. The highest BCUT2D eigenvalue weighted by molar-refractivity contribution is 9.10. The molecule has 0 unspecified atom stereocenters.